The number of anilines is 2. The third-order valence-electron chi connectivity index (χ3n) is 5.80. The number of benzene rings is 3. The van der Waals surface area contributed by atoms with Crippen LogP contribution in [0, 0.1) is 5.82 Å². The number of carboxylic acid groups (broad SMARTS) is 1. The molecule has 0 atom stereocenters. The van der Waals surface area contributed by atoms with Gasteiger partial charge in [0, 0.05) is 16.7 Å². The molecular formula is C25H17ClFNO4. The molecule has 32 heavy (non-hydrogen) atoms. The van der Waals surface area contributed by atoms with E-state index in [-0.39, 0.29) is 22.4 Å². The van der Waals surface area contributed by atoms with Crippen molar-refractivity contribution in [3.63, 3.8) is 0 Å². The number of hydrogen-bond donors (Lipinski definition) is 2. The Bertz CT molecular complexity index is 1330. The molecule has 2 N–H and O–H groups in total. The molecule has 3 aromatic carbocycles. The van der Waals surface area contributed by atoms with Crippen molar-refractivity contribution < 1.29 is 24.2 Å². The molecule has 2 aliphatic rings. The Balaban J connectivity index is 1.68. The van der Waals surface area contributed by atoms with Crippen LogP contribution >= 0.6 is 11.6 Å². The summed E-state index contributed by atoms with van der Waals surface area (Å²) < 4.78 is 14.9. The van der Waals surface area contributed by atoms with Crippen LogP contribution in [-0.2, 0) is 4.79 Å². The van der Waals surface area contributed by atoms with Crippen molar-refractivity contribution in [3.05, 3.63) is 87.7 Å². The molecule has 3 aromatic rings. The van der Waals surface area contributed by atoms with Gasteiger partial charge in [-0.2, -0.15) is 0 Å². The Morgan fingerprint density at radius 2 is 1.88 bits per heavy atom. The number of rotatable bonds is 4. The molecule has 1 aliphatic heterocycles. The summed E-state index contributed by atoms with van der Waals surface area (Å²) in [5.41, 5.74) is 2.26. The zero-order valence-electron chi connectivity index (χ0n) is 16.7. The predicted octanol–water partition coefficient (Wildman–Crippen LogP) is 5.98. The molecule has 0 radical (unpaired) electrons. The smallest absolute Gasteiger partial charge is 0.339 e. The average molecular weight is 450 g/mol. The first-order chi connectivity index (χ1) is 15.4. The van der Waals surface area contributed by atoms with Crippen LogP contribution in [0.4, 0.5) is 15.8 Å². The molecule has 5 nitrogen and oxygen atoms in total. The molecule has 160 valence electrons. The molecule has 7 heteroatoms. The summed E-state index contributed by atoms with van der Waals surface area (Å²) in [5, 5.41) is 19.8. The van der Waals surface area contributed by atoms with Crippen LogP contribution in [0.25, 0.3) is 11.6 Å². The fourth-order valence-corrected chi connectivity index (χ4v) is 4.37. The third-order valence-corrected chi connectivity index (χ3v) is 6.13. The zero-order valence-corrected chi connectivity index (χ0v) is 17.4. The van der Waals surface area contributed by atoms with Gasteiger partial charge in [-0.3, -0.25) is 9.69 Å². The summed E-state index contributed by atoms with van der Waals surface area (Å²) in [7, 11) is 0. The molecule has 0 saturated heterocycles. The lowest BCUT2D eigenvalue weighted by atomic mass is 9.98. The summed E-state index contributed by atoms with van der Waals surface area (Å²) in [6, 6.07) is 13.8. The molecular weight excluding hydrogens is 433 g/mol. The summed E-state index contributed by atoms with van der Waals surface area (Å²) in [6.07, 6.45) is 3.71. The van der Waals surface area contributed by atoms with E-state index in [1.807, 2.05) is 12.1 Å². The average Bonchev–Trinajstić information content (AvgIpc) is 3.54. The third kappa shape index (κ3) is 3.24. The van der Waals surface area contributed by atoms with Gasteiger partial charge in [0.15, 0.2) is 0 Å². The number of carbonyl (C=O) groups excluding carboxylic acids is 1. The molecule has 1 saturated carbocycles. The second kappa shape index (κ2) is 7.50. The zero-order chi connectivity index (χ0) is 22.6. The minimum Gasteiger partial charge on any atom is -0.507 e. The van der Waals surface area contributed by atoms with E-state index in [4.69, 9.17) is 16.7 Å². The molecule has 1 heterocycles. The van der Waals surface area contributed by atoms with E-state index in [0.29, 0.717) is 22.2 Å². The Labute approximate surface area is 188 Å². The number of carbonyl (C=O) groups is 2. The topological polar surface area (TPSA) is 77.8 Å². The van der Waals surface area contributed by atoms with E-state index in [2.05, 4.69) is 0 Å². The molecule has 1 amide bonds. The van der Waals surface area contributed by atoms with Gasteiger partial charge in [-0.15, -0.1) is 0 Å². The van der Waals surface area contributed by atoms with Crippen molar-refractivity contribution in [2.45, 2.75) is 18.8 Å². The number of fused-ring (bicyclic) bond motifs is 1. The maximum atomic E-state index is 14.9. The largest absolute Gasteiger partial charge is 0.507 e. The van der Waals surface area contributed by atoms with Crippen LogP contribution in [0.2, 0.25) is 5.02 Å². The highest BCUT2D eigenvalue weighted by molar-refractivity contribution is 6.39. The predicted molar refractivity (Wildman–Crippen MR) is 120 cm³/mol. The maximum Gasteiger partial charge on any atom is 0.339 e. The normalized spacial score (nSPS) is 16.5. The summed E-state index contributed by atoms with van der Waals surface area (Å²) >= 11 is 6.46. The first-order valence-corrected chi connectivity index (χ1v) is 10.4. The molecule has 0 bridgehead atoms. The van der Waals surface area contributed by atoms with Crippen LogP contribution in [0.5, 0.6) is 5.75 Å². The van der Waals surface area contributed by atoms with Crippen molar-refractivity contribution in [2.24, 2.45) is 0 Å². The van der Waals surface area contributed by atoms with E-state index < -0.39 is 23.4 Å². The molecule has 0 spiro atoms. The van der Waals surface area contributed by atoms with Crippen LogP contribution in [0.15, 0.2) is 54.6 Å². The second-order valence-electron chi connectivity index (χ2n) is 7.86. The second-order valence-corrected chi connectivity index (χ2v) is 8.26. The van der Waals surface area contributed by atoms with Gasteiger partial charge in [-0.25, -0.2) is 9.18 Å². The van der Waals surface area contributed by atoms with Crippen LogP contribution in [0.3, 0.4) is 0 Å². The van der Waals surface area contributed by atoms with E-state index in [1.165, 1.54) is 35.2 Å². The van der Waals surface area contributed by atoms with Crippen molar-refractivity contribution >= 4 is 46.5 Å². The van der Waals surface area contributed by atoms with Gasteiger partial charge in [-0.1, -0.05) is 29.8 Å². The first-order valence-electron chi connectivity index (χ1n) is 10.1. The van der Waals surface area contributed by atoms with Crippen LogP contribution in [0.1, 0.15) is 45.8 Å². The maximum absolute atomic E-state index is 14.9. The van der Waals surface area contributed by atoms with E-state index >= 15 is 0 Å². The minimum absolute atomic E-state index is 0.140. The molecule has 0 aromatic heterocycles. The number of aromatic carboxylic acids is 1. The van der Waals surface area contributed by atoms with Gasteiger partial charge < -0.3 is 10.2 Å². The Kier molecular flexibility index (Phi) is 4.75. The standard InChI is InChI=1S/C25H17ClFNO4/c26-19-4-1-3-15(13-7-8-13)17(19)12-18-23-20(27)5-2-6-21(23)28(24(18)30)14-9-10-16(25(31)32)22(29)11-14/h1-6,9-13,29H,7-8H2,(H,31,32). The molecule has 1 fully saturated rings. The number of halogens is 2. The van der Waals surface area contributed by atoms with Crippen molar-refractivity contribution in [1.82, 2.24) is 0 Å². The highest BCUT2D eigenvalue weighted by Gasteiger charge is 2.37. The number of hydrogen-bond acceptors (Lipinski definition) is 3. The lowest BCUT2D eigenvalue weighted by Gasteiger charge is -2.18. The van der Waals surface area contributed by atoms with Crippen LogP contribution < -0.4 is 4.90 Å². The quantitative estimate of drug-likeness (QED) is 0.480. The van der Waals surface area contributed by atoms with E-state index in [0.717, 1.165) is 18.4 Å². The van der Waals surface area contributed by atoms with Gasteiger partial charge in [0.1, 0.15) is 17.1 Å². The SMILES string of the molecule is O=C(O)c1ccc(N2C(=O)C(=Cc3c(Cl)cccc3C3CC3)c3c(F)cccc32)cc1O. The number of phenols is 1. The van der Waals surface area contributed by atoms with Gasteiger partial charge >= 0.3 is 5.97 Å². The van der Waals surface area contributed by atoms with Crippen molar-refractivity contribution in [2.75, 3.05) is 4.90 Å². The Morgan fingerprint density at radius 1 is 1.12 bits per heavy atom. The number of nitrogens with zero attached hydrogens (tertiary/aromatic N) is 1. The monoisotopic (exact) mass is 449 g/mol. The molecule has 5 rings (SSSR count). The number of amides is 1. The lowest BCUT2D eigenvalue weighted by Crippen LogP contribution is -2.20. The van der Waals surface area contributed by atoms with Crippen molar-refractivity contribution in [1.29, 1.82) is 0 Å². The van der Waals surface area contributed by atoms with Crippen LogP contribution in [-0.4, -0.2) is 22.1 Å². The summed E-state index contributed by atoms with van der Waals surface area (Å²) in [5.74, 6) is -2.46. The Morgan fingerprint density at radius 3 is 2.56 bits per heavy atom. The first kappa shape index (κ1) is 20.3. The van der Waals surface area contributed by atoms with Crippen molar-refractivity contribution in [3.8, 4) is 5.75 Å². The van der Waals surface area contributed by atoms with Gasteiger partial charge in [0.2, 0.25) is 0 Å². The van der Waals surface area contributed by atoms with E-state index in [9.17, 15) is 19.1 Å². The van der Waals surface area contributed by atoms with Gasteiger partial charge in [0.25, 0.3) is 5.91 Å². The fraction of sp³-hybridized carbons (Fsp3) is 0.120. The number of carboxylic acids is 1. The molecule has 0 unspecified atom stereocenters. The fourth-order valence-electron chi connectivity index (χ4n) is 4.13. The summed E-state index contributed by atoms with van der Waals surface area (Å²) in [4.78, 5) is 26.0. The van der Waals surface area contributed by atoms with E-state index in [1.54, 1.807) is 18.2 Å². The lowest BCUT2D eigenvalue weighted by molar-refractivity contribution is -0.112. The number of aromatic hydroxyl groups is 1. The highest BCUT2D eigenvalue weighted by atomic mass is 35.5. The van der Waals surface area contributed by atoms with Gasteiger partial charge in [0.05, 0.1) is 16.9 Å². The highest BCUT2D eigenvalue weighted by Crippen LogP contribution is 2.47. The minimum atomic E-state index is -1.29. The molecule has 1 aliphatic carbocycles. The van der Waals surface area contributed by atoms with Gasteiger partial charge in [-0.05, 0) is 66.3 Å². The summed E-state index contributed by atoms with van der Waals surface area (Å²) in [6.45, 7) is 0. The Hall–Kier alpha value is -3.64.